The molecule has 0 bridgehead atoms. The quantitative estimate of drug-likeness (QED) is 0.285. The second-order valence-electron chi connectivity index (χ2n) is 7.23. The molecule has 0 aliphatic carbocycles. The van der Waals surface area contributed by atoms with Gasteiger partial charge in [-0.2, -0.15) is 14.0 Å². The molecule has 0 spiro atoms. The van der Waals surface area contributed by atoms with E-state index in [0.29, 0.717) is 0 Å². The normalized spacial score (nSPS) is 11.5. The zero-order valence-electron chi connectivity index (χ0n) is 20.9. The van der Waals surface area contributed by atoms with Crippen LogP contribution in [0, 0.1) is 10.2 Å². The molecule has 0 heterocycles. The third-order valence-corrected chi connectivity index (χ3v) is 8.96. The summed E-state index contributed by atoms with van der Waals surface area (Å²) < 4.78 is 88.3. The Morgan fingerprint density at radius 3 is 1.22 bits per heavy atom. The van der Waals surface area contributed by atoms with Crippen molar-refractivity contribution in [1.82, 2.24) is 0 Å². The molecule has 0 aromatic heterocycles. The third-order valence-electron chi connectivity index (χ3n) is 5.41. The lowest BCUT2D eigenvalue weighted by Gasteiger charge is -2.28. The Labute approximate surface area is 216 Å². The maximum absolute atomic E-state index is 15.8. The highest BCUT2D eigenvalue weighted by Gasteiger charge is 2.46. The molecule has 0 amide bonds. The van der Waals surface area contributed by atoms with E-state index in [1.807, 2.05) is 0 Å². The van der Waals surface area contributed by atoms with E-state index in [9.17, 15) is 14.0 Å². The Morgan fingerprint density at radius 2 is 0.892 bits per heavy atom. The molecular formula is C24H26ClO11P. The van der Waals surface area contributed by atoms with Crippen molar-refractivity contribution >= 4 is 23.1 Å². The minimum absolute atomic E-state index is 0.0217. The standard InChI is InChI=1S/C24H26ClO11P/c1-30-16-9-7-10-17(31-2)22(16)37(29,23-18(32-3)11-8-12-19(23)33-4)24-20(34-5)14-13-15(21(24)35-6)36-25(26,27)28/h7-14H,1-6H3. The van der Waals surface area contributed by atoms with Gasteiger partial charge in [-0.15, -0.1) is 0 Å². The topological polar surface area (TPSA) is 151 Å². The van der Waals surface area contributed by atoms with Gasteiger partial charge in [0.1, 0.15) is 54.9 Å². The van der Waals surface area contributed by atoms with E-state index in [1.165, 1.54) is 48.7 Å². The van der Waals surface area contributed by atoms with Crippen molar-refractivity contribution in [2.24, 2.45) is 0 Å². The monoisotopic (exact) mass is 556 g/mol. The molecule has 3 rings (SSSR count). The fourth-order valence-corrected chi connectivity index (χ4v) is 7.84. The average Bonchev–Trinajstić information content (AvgIpc) is 2.90. The summed E-state index contributed by atoms with van der Waals surface area (Å²) in [4.78, 5) is 0. The van der Waals surface area contributed by atoms with Crippen molar-refractivity contribution in [2.75, 3.05) is 42.7 Å². The van der Waals surface area contributed by atoms with Gasteiger partial charge in [0.05, 0.1) is 42.7 Å². The molecule has 200 valence electrons. The molecule has 13 heteroatoms. The van der Waals surface area contributed by atoms with Crippen LogP contribution in [0.15, 0.2) is 48.5 Å². The van der Waals surface area contributed by atoms with Crippen LogP contribution in [-0.4, -0.2) is 42.7 Å². The Kier molecular flexibility index (Phi) is 8.68. The van der Waals surface area contributed by atoms with Gasteiger partial charge < -0.3 is 33.0 Å². The summed E-state index contributed by atoms with van der Waals surface area (Å²) in [6, 6.07) is 12.0. The van der Waals surface area contributed by atoms with Gasteiger partial charge in [-0.1, -0.05) is 16.4 Å². The van der Waals surface area contributed by atoms with E-state index in [1.54, 1.807) is 36.4 Å². The van der Waals surface area contributed by atoms with E-state index >= 15 is 4.57 Å². The van der Waals surface area contributed by atoms with Crippen LogP contribution in [0.1, 0.15) is 0 Å². The highest BCUT2D eigenvalue weighted by molar-refractivity contribution is 7.86. The van der Waals surface area contributed by atoms with Crippen molar-refractivity contribution in [3.63, 3.8) is 0 Å². The predicted octanol–water partition coefficient (Wildman–Crippen LogP) is -0.346. The first kappa shape index (κ1) is 28.2. The first-order chi connectivity index (χ1) is 17.6. The number of methoxy groups -OCH3 is 6. The van der Waals surface area contributed by atoms with Gasteiger partial charge in [0.15, 0.2) is 12.9 Å². The van der Waals surface area contributed by atoms with Gasteiger partial charge >= 0.3 is 5.75 Å². The molecule has 0 saturated carbocycles. The number of halogens is 1. The SMILES string of the molecule is COc1cccc(OC)c1P(=O)(c1c(OC)cccc1OC)c1c(OC)ccc(O[Cl+3]([O-])([O-])[O-])c1OC. The second-order valence-corrected chi connectivity index (χ2v) is 10.7. The average molecular weight is 557 g/mol. The number of hydrogen-bond acceptors (Lipinski definition) is 11. The number of rotatable bonds is 11. The number of hydrogen-bond donors (Lipinski definition) is 0. The lowest BCUT2D eigenvalue weighted by molar-refractivity contribution is -1.91. The first-order valence-corrected chi connectivity index (χ1v) is 13.4. The summed E-state index contributed by atoms with van der Waals surface area (Å²) in [5.74, 6) is -0.163. The van der Waals surface area contributed by atoms with Crippen LogP contribution in [0.25, 0.3) is 0 Å². The van der Waals surface area contributed by atoms with Crippen molar-refractivity contribution in [1.29, 1.82) is 0 Å². The second kappa shape index (κ2) is 11.4. The van der Waals surface area contributed by atoms with Gasteiger partial charge in [-0.05, 0) is 30.3 Å². The molecule has 3 aromatic carbocycles. The fraction of sp³-hybridized carbons (Fsp3) is 0.250. The maximum Gasteiger partial charge on any atom is 0.330 e. The van der Waals surface area contributed by atoms with E-state index < -0.39 is 23.1 Å². The van der Waals surface area contributed by atoms with E-state index in [-0.39, 0.29) is 50.4 Å². The van der Waals surface area contributed by atoms with Gasteiger partial charge in [0.2, 0.25) is 0 Å². The first-order valence-electron chi connectivity index (χ1n) is 10.5. The molecule has 0 fully saturated rings. The van der Waals surface area contributed by atoms with Crippen molar-refractivity contribution in [3.05, 3.63) is 48.5 Å². The van der Waals surface area contributed by atoms with Gasteiger partial charge in [-0.3, -0.25) is 0 Å². The largest absolute Gasteiger partial charge is 0.496 e. The van der Waals surface area contributed by atoms with Crippen LogP contribution in [-0.2, 0) is 4.57 Å². The molecule has 0 N–H and O–H groups in total. The van der Waals surface area contributed by atoms with E-state index in [4.69, 9.17) is 28.4 Å². The summed E-state index contributed by atoms with van der Waals surface area (Å²) in [5, 5.41) is -0.0161. The minimum atomic E-state index is -4.93. The third kappa shape index (κ3) is 5.22. The molecule has 0 aliphatic heterocycles. The molecular weight excluding hydrogens is 531 g/mol. The molecule has 0 saturated heterocycles. The smallest absolute Gasteiger partial charge is 0.330 e. The molecule has 0 unspecified atom stereocenters. The lowest BCUT2D eigenvalue weighted by Crippen LogP contribution is -2.63. The van der Waals surface area contributed by atoms with Gasteiger partial charge in [0, 0.05) is 6.07 Å². The Bertz CT molecular complexity index is 1200. The highest BCUT2D eigenvalue weighted by atomic mass is 35.7. The summed E-state index contributed by atoms with van der Waals surface area (Å²) in [6.45, 7) is 0. The van der Waals surface area contributed by atoms with E-state index in [2.05, 4.69) is 4.29 Å². The Morgan fingerprint density at radius 1 is 0.541 bits per heavy atom. The van der Waals surface area contributed by atoms with E-state index in [0.717, 1.165) is 6.07 Å². The Hall–Kier alpha value is -3.34. The minimum Gasteiger partial charge on any atom is -0.496 e. The molecule has 3 aromatic rings. The van der Waals surface area contributed by atoms with Crippen LogP contribution < -0.4 is 62.6 Å². The molecule has 0 atom stereocenters. The van der Waals surface area contributed by atoms with Gasteiger partial charge in [-0.25, -0.2) is 0 Å². The summed E-state index contributed by atoms with van der Waals surface area (Å²) in [7, 11) is -1.18. The zero-order chi connectivity index (χ0) is 27.4. The molecule has 11 nitrogen and oxygen atoms in total. The summed E-state index contributed by atoms with van der Waals surface area (Å²) >= 11 is 0. The lowest BCUT2D eigenvalue weighted by atomic mass is 10.3. The molecule has 0 aliphatic rings. The van der Waals surface area contributed by atoms with Crippen LogP contribution in [0.3, 0.4) is 0 Å². The van der Waals surface area contributed by atoms with Gasteiger partial charge in [0.25, 0.3) is 0 Å². The summed E-state index contributed by atoms with van der Waals surface area (Å²) in [5.41, 5.74) is 0. The number of ether oxygens (including phenoxy) is 6. The molecule has 37 heavy (non-hydrogen) atoms. The predicted molar refractivity (Wildman–Crippen MR) is 126 cm³/mol. The van der Waals surface area contributed by atoms with Crippen LogP contribution in [0.2, 0.25) is 0 Å². The highest BCUT2D eigenvalue weighted by Crippen LogP contribution is 2.57. The van der Waals surface area contributed by atoms with Crippen molar-refractivity contribution in [2.45, 2.75) is 0 Å². The maximum atomic E-state index is 15.8. The zero-order valence-corrected chi connectivity index (χ0v) is 22.6. The molecule has 0 radical (unpaired) electrons. The van der Waals surface area contributed by atoms with Crippen LogP contribution in [0.5, 0.6) is 40.2 Å². The van der Waals surface area contributed by atoms with Crippen LogP contribution in [0.4, 0.5) is 0 Å². The Balaban J connectivity index is 2.67. The summed E-state index contributed by atoms with van der Waals surface area (Å²) in [6.07, 6.45) is 0. The van der Waals surface area contributed by atoms with Crippen molar-refractivity contribution in [3.8, 4) is 40.2 Å². The van der Waals surface area contributed by atoms with Crippen LogP contribution >= 0.6 is 7.14 Å². The number of benzene rings is 3. The fourth-order valence-electron chi connectivity index (χ4n) is 3.98. The van der Waals surface area contributed by atoms with Crippen molar-refractivity contribution < 1.29 is 61.5 Å².